The molecule has 0 saturated carbocycles. The Morgan fingerprint density at radius 2 is 2.28 bits per heavy atom. The van der Waals surface area contributed by atoms with E-state index in [9.17, 15) is 4.79 Å². The van der Waals surface area contributed by atoms with E-state index in [2.05, 4.69) is 10.5 Å². The van der Waals surface area contributed by atoms with Gasteiger partial charge in [0.2, 0.25) is 0 Å². The number of nitrogens with zero attached hydrogens (tertiary/aromatic N) is 1. The fraction of sp³-hybridized carbons (Fsp3) is 0.250. The van der Waals surface area contributed by atoms with E-state index < -0.39 is 0 Å². The lowest BCUT2D eigenvalue weighted by molar-refractivity contribution is -0.131. The second kappa shape index (κ2) is 5.14. The second-order valence-corrected chi connectivity index (χ2v) is 4.35. The minimum absolute atomic E-state index is 0.132. The van der Waals surface area contributed by atoms with Gasteiger partial charge in [-0.3, -0.25) is 10.2 Å². The predicted octanol–water partition coefficient (Wildman–Crippen LogP) is 1.10. The van der Waals surface area contributed by atoms with Crippen LogP contribution in [0.15, 0.2) is 23.3 Å². The van der Waals surface area contributed by atoms with Gasteiger partial charge in [0.15, 0.2) is 5.11 Å². The molecular weight excluding hydrogens is 250 g/mol. The molecule has 2 rings (SSSR count). The smallest absolute Gasteiger partial charge is 0.308 e. The molecule has 18 heavy (non-hydrogen) atoms. The quantitative estimate of drug-likeness (QED) is 0.361. The molecule has 5 nitrogen and oxygen atoms in total. The van der Waals surface area contributed by atoms with E-state index in [1.54, 1.807) is 6.07 Å². The third-order valence-corrected chi connectivity index (χ3v) is 2.70. The summed E-state index contributed by atoms with van der Waals surface area (Å²) in [6.45, 7) is 1.39. The number of hydrogen-bond donors (Lipinski definition) is 2. The highest BCUT2D eigenvalue weighted by Gasteiger charge is 2.22. The number of fused-ring (bicyclic) bond motifs is 1. The van der Waals surface area contributed by atoms with Crippen molar-refractivity contribution in [3.63, 3.8) is 0 Å². The van der Waals surface area contributed by atoms with Gasteiger partial charge in [0.05, 0.1) is 5.71 Å². The molecule has 0 saturated heterocycles. The number of benzene rings is 1. The van der Waals surface area contributed by atoms with Gasteiger partial charge in [-0.15, -0.1) is 0 Å². The largest absolute Gasteiger partial charge is 0.426 e. The topological polar surface area (TPSA) is 76.7 Å². The zero-order chi connectivity index (χ0) is 13.1. The summed E-state index contributed by atoms with van der Waals surface area (Å²) < 4.78 is 5.17. The number of thiocarbonyl (C=S) groups is 1. The summed E-state index contributed by atoms with van der Waals surface area (Å²) in [4.78, 5) is 11.0. The minimum Gasteiger partial charge on any atom is -0.426 e. The van der Waals surface area contributed by atoms with Gasteiger partial charge >= 0.3 is 5.97 Å². The average molecular weight is 263 g/mol. The molecule has 3 N–H and O–H groups in total. The number of hydrazone groups is 1. The summed E-state index contributed by atoms with van der Waals surface area (Å²) in [7, 11) is 0. The number of nitrogens with one attached hydrogen (secondary N) is 1. The lowest BCUT2D eigenvalue weighted by Gasteiger charge is -2.07. The average Bonchev–Trinajstić information content (AvgIpc) is 2.70. The molecule has 0 amide bonds. The Morgan fingerprint density at radius 1 is 1.50 bits per heavy atom. The van der Waals surface area contributed by atoms with Crippen LogP contribution < -0.4 is 15.9 Å². The fourth-order valence-corrected chi connectivity index (χ4v) is 2.01. The van der Waals surface area contributed by atoms with E-state index in [1.807, 2.05) is 12.1 Å². The number of hydrogen-bond acceptors (Lipinski definition) is 4. The molecule has 0 spiro atoms. The first-order valence-electron chi connectivity index (χ1n) is 5.50. The standard InChI is InChI=1S/C12H13N3O2S/c1-7(16)17-11-4-2-3-8-9(11)5-6-10(8)14-15-12(13)18/h2-4H,5-6H2,1H3,(H3,13,15,18)/b14-10+. The Morgan fingerprint density at radius 3 is 2.94 bits per heavy atom. The van der Waals surface area contributed by atoms with Crippen LogP contribution in [-0.2, 0) is 11.2 Å². The molecule has 0 bridgehead atoms. The zero-order valence-corrected chi connectivity index (χ0v) is 10.7. The molecule has 94 valence electrons. The molecule has 1 aliphatic carbocycles. The van der Waals surface area contributed by atoms with Crippen LogP contribution in [0.3, 0.4) is 0 Å². The van der Waals surface area contributed by atoms with Crippen LogP contribution in [0.1, 0.15) is 24.5 Å². The van der Waals surface area contributed by atoms with Crippen LogP contribution in [0.4, 0.5) is 0 Å². The predicted molar refractivity (Wildman–Crippen MR) is 72.5 cm³/mol. The normalized spacial score (nSPS) is 15.3. The summed E-state index contributed by atoms with van der Waals surface area (Å²) in [5, 5.41) is 4.28. The van der Waals surface area contributed by atoms with Crippen molar-refractivity contribution in [2.45, 2.75) is 19.8 Å². The van der Waals surface area contributed by atoms with Crippen LogP contribution in [0, 0.1) is 0 Å². The van der Waals surface area contributed by atoms with E-state index in [0.29, 0.717) is 5.75 Å². The highest BCUT2D eigenvalue weighted by molar-refractivity contribution is 7.80. The molecule has 0 heterocycles. The highest BCUT2D eigenvalue weighted by Crippen LogP contribution is 2.30. The van der Waals surface area contributed by atoms with Crippen LogP contribution in [0.2, 0.25) is 0 Å². The molecule has 0 fully saturated rings. The summed E-state index contributed by atoms with van der Waals surface area (Å²) in [5.41, 5.74) is 10.7. The lowest BCUT2D eigenvalue weighted by Crippen LogP contribution is -2.25. The highest BCUT2D eigenvalue weighted by atomic mass is 32.1. The Balaban J connectivity index is 2.31. The summed E-state index contributed by atoms with van der Waals surface area (Å²) in [6.07, 6.45) is 1.56. The molecule has 0 aromatic heterocycles. The van der Waals surface area contributed by atoms with Crippen molar-refractivity contribution in [2.24, 2.45) is 10.8 Å². The Kier molecular flexibility index (Phi) is 3.57. The maximum absolute atomic E-state index is 11.0. The minimum atomic E-state index is -0.324. The van der Waals surface area contributed by atoms with Gasteiger partial charge in [0.25, 0.3) is 0 Å². The van der Waals surface area contributed by atoms with Gasteiger partial charge in [-0.2, -0.15) is 5.10 Å². The zero-order valence-electron chi connectivity index (χ0n) is 9.90. The number of ether oxygens (including phenoxy) is 1. The van der Waals surface area contributed by atoms with Crippen molar-refractivity contribution in [3.8, 4) is 5.75 Å². The van der Waals surface area contributed by atoms with Gasteiger partial charge in [-0.25, -0.2) is 0 Å². The van der Waals surface area contributed by atoms with Gasteiger partial charge in [0.1, 0.15) is 5.75 Å². The van der Waals surface area contributed by atoms with Crippen LogP contribution >= 0.6 is 12.2 Å². The summed E-state index contributed by atoms with van der Waals surface area (Å²) in [5.74, 6) is 0.274. The monoisotopic (exact) mass is 263 g/mol. The van der Waals surface area contributed by atoms with Crippen LogP contribution in [0.5, 0.6) is 5.75 Å². The van der Waals surface area contributed by atoms with E-state index in [-0.39, 0.29) is 11.1 Å². The lowest BCUT2D eigenvalue weighted by atomic mass is 10.1. The molecule has 0 unspecified atom stereocenters. The summed E-state index contributed by atoms with van der Waals surface area (Å²) >= 11 is 4.70. The molecule has 0 atom stereocenters. The van der Waals surface area contributed by atoms with Crippen LogP contribution in [-0.4, -0.2) is 16.8 Å². The number of carbonyl (C=O) groups excluding carboxylic acids is 1. The van der Waals surface area contributed by atoms with Crippen molar-refractivity contribution < 1.29 is 9.53 Å². The van der Waals surface area contributed by atoms with Crippen LogP contribution in [0.25, 0.3) is 0 Å². The van der Waals surface area contributed by atoms with Gasteiger partial charge in [0, 0.05) is 18.1 Å². The van der Waals surface area contributed by atoms with Gasteiger partial charge in [-0.05, 0) is 31.1 Å². The van der Waals surface area contributed by atoms with E-state index in [0.717, 1.165) is 29.7 Å². The molecule has 0 radical (unpaired) electrons. The molecule has 1 aliphatic rings. The molecule has 1 aromatic rings. The van der Waals surface area contributed by atoms with Gasteiger partial charge < -0.3 is 10.5 Å². The maximum Gasteiger partial charge on any atom is 0.308 e. The Labute approximate surface area is 110 Å². The number of rotatable bonds is 2. The number of nitrogens with two attached hydrogens (primary N) is 1. The first-order valence-corrected chi connectivity index (χ1v) is 5.91. The molecule has 6 heteroatoms. The number of esters is 1. The van der Waals surface area contributed by atoms with Crippen molar-refractivity contribution in [1.29, 1.82) is 0 Å². The third-order valence-electron chi connectivity index (χ3n) is 2.61. The Hall–Kier alpha value is -1.95. The van der Waals surface area contributed by atoms with E-state index >= 15 is 0 Å². The van der Waals surface area contributed by atoms with Crippen molar-refractivity contribution >= 4 is 29.0 Å². The van der Waals surface area contributed by atoms with Crippen molar-refractivity contribution in [1.82, 2.24) is 5.43 Å². The van der Waals surface area contributed by atoms with Crippen molar-refractivity contribution in [3.05, 3.63) is 29.3 Å². The first-order chi connectivity index (χ1) is 8.58. The Bertz CT molecular complexity index is 540. The maximum atomic E-state index is 11.0. The SMILES string of the molecule is CC(=O)Oc1cccc2c1CC/C2=N\NC(N)=S. The third kappa shape index (κ3) is 2.65. The molecular formula is C12H13N3O2S. The second-order valence-electron chi connectivity index (χ2n) is 3.91. The van der Waals surface area contributed by atoms with E-state index in [1.165, 1.54) is 6.92 Å². The molecule has 0 aliphatic heterocycles. The summed E-state index contributed by atoms with van der Waals surface area (Å²) in [6, 6.07) is 5.55. The van der Waals surface area contributed by atoms with Crippen molar-refractivity contribution in [2.75, 3.05) is 0 Å². The fourth-order valence-electron chi connectivity index (χ4n) is 1.96. The number of carbonyl (C=O) groups is 1. The first kappa shape index (κ1) is 12.5. The van der Waals surface area contributed by atoms with Gasteiger partial charge in [-0.1, -0.05) is 12.1 Å². The molecule has 1 aromatic carbocycles. The van der Waals surface area contributed by atoms with E-state index in [4.69, 9.17) is 22.7 Å².